The average Bonchev–Trinajstić information content (AvgIpc) is 3.47. The Labute approximate surface area is 195 Å². The molecule has 0 saturated carbocycles. The zero-order chi connectivity index (χ0) is 23.6. The molecular formula is C23H22N4O4S2. The van der Waals surface area contributed by atoms with Crippen molar-refractivity contribution in [3.8, 4) is 11.4 Å². The number of thiophene rings is 1. The summed E-state index contributed by atoms with van der Waals surface area (Å²) >= 11 is 1.12. The molecule has 0 unspecified atom stereocenters. The van der Waals surface area contributed by atoms with E-state index in [1.807, 2.05) is 20.8 Å². The van der Waals surface area contributed by atoms with Crippen molar-refractivity contribution in [2.24, 2.45) is 0 Å². The van der Waals surface area contributed by atoms with E-state index in [1.54, 1.807) is 53.9 Å². The topological polar surface area (TPSA) is 114 Å². The van der Waals surface area contributed by atoms with Crippen LogP contribution in [-0.2, 0) is 15.4 Å². The number of rotatable bonds is 6. The van der Waals surface area contributed by atoms with Gasteiger partial charge in [-0.2, -0.15) is 4.98 Å². The fraction of sp³-hybridized carbons (Fsp3) is 0.174. The third-order valence-electron chi connectivity index (χ3n) is 4.61. The van der Waals surface area contributed by atoms with Gasteiger partial charge in [-0.25, -0.2) is 8.42 Å². The molecule has 2 aromatic heterocycles. The molecule has 33 heavy (non-hydrogen) atoms. The summed E-state index contributed by atoms with van der Waals surface area (Å²) in [6.07, 6.45) is 0. The zero-order valence-corrected chi connectivity index (χ0v) is 19.8. The number of hydrogen-bond donors (Lipinski definition) is 2. The molecule has 1 amide bonds. The maximum atomic E-state index is 12.7. The van der Waals surface area contributed by atoms with Gasteiger partial charge in [-0.1, -0.05) is 38.1 Å². The largest absolute Gasteiger partial charge is 0.338 e. The van der Waals surface area contributed by atoms with E-state index in [2.05, 4.69) is 20.2 Å². The van der Waals surface area contributed by atoms with Crippen LogP contribution in [0.5, 0.6) is 0 Å². The summed E-state index contributed by atoms with van der Waals surface area (Å²) < 4.78 is 32.9. The molecule has 0 atom stereocenters. The first-order chi connectivity index (χ1) is 15.6. The minimum atomic E-state index is -3.69. The summed E-state index contributed by atoms with van der Waals surface area (Å²) in [4.78, 5) is 17.1. The van der Waals surface area contributed by atoms with Crippen molar-refractivity contribution in [2.45, 2.75) is 30.4 Å². The highest BCUT2D eigenvalue weighted by Crippen LogP contribution is 2.25. The first-order valence-electron chi connectivity index (χ1n) is 10.0. The maximum absolute atomic E-state index is 12.7. The molecule has 0 fully saturated rings. The molecular weight excluding hydrogens is 460 g/mol. The van der Waals surface area contributed by atoms with Crippen molar-refractivity contribution < 1.29 is 17.7 Å². The van der Waals surface area contributed by atoms with Crippen LogP contribution in [0, 0.1) is 0 Å². The van der Waals surface area contributed by atoms with E-state index in [1.165, 1.54) is 12.1 Å². The molecule has 0 aliphatic heterocycles. The summed E-state index contributed by atoms with van der Waals surface area (Å²) in [6.45, 7) is 5.97. The Morgan fingerprint density at radius 3 is 2.39 bits per heavy atom. The van der Waals surface area contributed by atoms with Crippen molar-refractivity contribution in [3.05, 3.63) is 77.5 Å². The predicted octanol–water partition coefficient (Wildman–Crippen LogP) is 5.15. The number of anilines is 2. The van der Waals surface area contributed by atoms with Crippen LogP contribution >= 0.6 is 11.3 Å². The molecule has 0 aliphatic rings. The zero-order valence-electron chi connectivity index (χ0n) is 18.2. The van der Waals surface area contributed by atoms with Gasteiger partial charge in [0.05, 0.1) is 0 Å². The molecule has 0 aliphatic carbocycles. The Balaban J connectivity index is 1.45. The molecule has 8 nitrogen and oxygen atoms in total. The number of carbonyl (C=O) groups is 1. The van der Waals surface area contributed by atoms with E-state index in [0.717, 1.165) is 16.9 Å². The number of aromatic nitrogens is 2. The predicted molar refractivity (Wildman–Crippen MR) is 128 cm³/mol. The molecule has 0 bridgehead atoms. The highest BCUT2D eigenvalue weighted by atomic mass is 32.2. The first-order valence-corrected chi connectivity index (χ1v) is 12.4. The van der Waals surface area contributed by atoms with E-state index < -0.39 is 10.0 Å². The van der Waals surface area contributed by atoms with Gasteiger partial charge in [-0.3, -0.25) is 9.52 Å². The lowest BCUT2D eigenvalue weighted by Gasteiger charge is -2.10. The lowest BCUT2D eigenvalue weighted by atomic mass is 9.97. The van der Waals surface area contributed by atoms with Gasteiger partial charge in [-0.15, -0.1) is 11.3 Å². The fourth-order valence-corrected chi connectivity index (χ4v) is 4.94. The third-order valence-corrected chi connectivity index (χ3v) is 7.38. The molecule has 0 saturated heterocycles. The van der Waals surface area contributed by atoms with E-state index in [-0.39, 0.29) is 15.5 Å². The number of amides is 1. The fourth-order valence-electron chi connectivity index (χ4n) is 2.90. The molecule has 2 N–H and O–H groups in total. The normalized spacial score (nSPS) is 11.8. The Bertz CT molecular complexity index is 1370. The molecule has 4 aromatic rings. The van der Waals surface area contributed by atoms with Crippen molar-refractivity contribution in [3.63, 3.8) is 0 Å². The van der Waals surface area contributed by atoms with Gasteiger partial charge in [0.2, 0.25) is 11.7 Å². The van der Waals surface area contributed by atoms with Crippen LogP contribution in [0.4, 0.5) is 11.4 Å². The molecule has 0 spiro atoms. The monoisotopic (exact) mass is 482 g/mol. The second kappa shape index (κ2) is 8.80. The van der Waals surface area contributed by atoms with Gasteiger partial charge >= 0.3 is 0 Å². The molecule has 10 heteroatoms. The number of nitrogens with one attached hydrogen (secondary N) is 2. The number of benzene rings is 2. The van der Waals surface area contributed by atoms with Crippen LogP contribution in [0.3, 0.4) is 0 Å². The minimum Gasteiger partial charge on any atom is -0.338 e. The van der Waals surface area contributed by atoms with Crippen LogP contribution in [0.15, 0.2) is 74.8 Å². The van der Waals surface area contributed by atoms with E-state index in [4.69, 9.17) is 4.52 Å². The molecule has 170 valence electrons. The second-order valence-electron chi connectivity index (χ2n) is 8.32. The first kappa shape index (κ1) is 22.7. The summed E-state index contributed by atoms with van der Waals surface area (Å²) in [7, 11) is -3.69. The van der Waals surface area contributed by atoms with Crippen molar-refractivity contribution in [2.75, 3.05) is 10.0 Å². The van der Waals surface area contributed by atoms with Crippen LogP contribution in [0.2, 0.25) is 0 Å². The van der Waals surface area contributed by atoms with Gasteiger partial charge in [-0.05, 0) is 53.9 Å². The number of nitrogens with zero attached hydrogens (tertiary/aromatic N) is 2. The highest BCUT2D eigenvalue weighted by molar-refractivity contribution is 7.94. The molecule has 2 aromatic carbocycles. The van der Waals surface area contributed by atoms with E-state index in [0.29, 0.717) is 28.7 Å². The van der Waals surface area contributed by atoms with E-state index in [9.17, 15) is 13.2 Å². The van der Waals surface area contributed by atoms with Crippen molar-refractivity contribution in [1.29, 1.82) is 0 Å². The van der Waals surface area contributed by atoms with E-state index >= 15 is 0 Å². The summed E-state index contributed by atoms with van der Waals surface area (Å²) in [5.41, 5.74) is 1.72. The summed E-state index contributed by atoms with van der Waals surface area (Å²) in [5, 5.41) is 8.51. The lowest BCUT2D eigenvalue weighted by Crippen LogP contribution is -2.14. The second-order valence-corrected chi connectivity index (χ2v) is 11.2. The lowest BCUT2D eigenvalue weighted by molar-refractivity contribution is 0.102. The Hall–Kier alpha value is -3.50. The number of sulfonamides is 1. The van der Waals surface area contributed by atoms with Gasteiger partial charge in [0.1, 0.15) is 4.21 Å². The minimum absolute atomic E-state index is 0.202. The summed E-state index contributed by atoms with van der Waals surface area (Å²) in [6, 6.07) is 16.6. The maximum Gasteiger partial charge on any atom is 0.271 e. The number of carbonyl (C=O) groups excluding carboxylic acids is 1. The highest BCUT2D eigenvalue weighted by Gasteiger charge is 2.22. The van der Waals surface area contributed by atoms with Crippen molar-refractivity contribution >= 4 is 38.6 Å². The quantitative estimate of drug-likeness (QED) is 0.393. The Morgan fingerprint density at radius 1 is 1.00 bits per heavy atom. The van der Waals surface area contributed by atoms with Crippen LogP contribution in [0.1, 0.15) is 37.0 Å². The standard InChI is InChI=1S/C23H22N4O4S2/c1-23(2,3)22-25-20(26-31-22)15-9-11-17(12-10-15)24-21(28)16-6-4-7-18(14-16)27-33(29,30)19-8-5-13-32-19/h4-14,27H,1-3H3,(H,24,28). The van der Waals surface area contributed by atoms with Gasteiger partial charge in [0.15, 0.2) is 0 Å². The van der Waals surface area contributed by atoms with Gasteiger partial charge < -0.3 is 9.84 Å². The average molecular weight is 483 g/mol. The Kier molecular flexibility index (Phi) is 6.05. The number of hydrogen-bond acceptors (Lipinski definition) is 7. The SMILES string of the molecule is CC(C)(C)c1nc(-c2ccc(NC(=O)c3cccc(NS(=O)(=O)c4cccs4)c3)cc2)no1. The van der Waals surface area contributed by atoms with Crippen molar-refractivity contribution in [1.82, 2.24) is 10.1 Å². The molecule has 0 radical (unpaired) electrons. The molecule has 4 rings (SSSR count). The Morgan fingerprint density at radius 2 is 1.76 bits per heavy atom. The smallest absolute Gasteiger partial charge is 0.271 e. The van der Waals surface area contributed by atoms with Crippen LogP contribution in [-0.4, -0.2) is 24.5 Å². The van der Waals surface area contributed by atoms with Crippen LogP contribution < -0.4 is 10.0 Å². The van der Waals surface area contributed by atoms with Crippen LogP contribution in [0.25, 0.3) is 11.4 Å². The third kappa shape index (κ3) is 5.29. The summed E-state index contributed by atoms with van der Waals surface area (Å²) in [5.74, 6) is 0.655. The molecule has 2 heterocycles. The van der Waals surface area contributed by atoms with Gasteiger partial charge in [0, 0.05) is 27.9 Å². The van der Waals surface area contributed by atoms with Gasteiger partial charge in [0.25, 0.3) is 15.9 Å².